The molecule has 8 heteroatoms. The van der Waals surface area contributed by atoms with Crippen LogP contribution in [0.1, 0.15) is 11.1 Å². The molecule has 136 valence electrons. The van der Waals surface area contributed by atoms with Crippen molar-refractivity contribution in [2.24, 2.45) is 0 Å². The number of benzene rings is 2. The van der Waals surface area contributed by atoms with Crippen molar-refractivity contribution in [3.63, 3.8) is 0 Å². The van der Waals surface area contributed by atoms with Crippen LogP contribution < -0.4 is 14.8 Å². The van der Waals surface area contributed by atoms with Crippen LogP contribution >= 0.6 is 11.8 Å². The van der Waals surface area contributed by atoms with Gasteiger partial charge in [-0.15, -0.1) is 11.8 Å². The summed E-state index contributed by atoms with van der Waals surface area (Å²) >= 11 is 1.68. The van der Waals surface area contributed by atoms with E-state index in [4.69, 9.17) is 9.84 Å². The number of aryl methyl sites for hydroxylation is 1. The van der Waals surface area contributed by atoms with Crippen LogP contribution in [0.15, 0.2) is 41.3 Å². The first-order chi connectivity index (χ1) is 12.0. The summed E-state index contributed by atoms with van der Waals surface area (Å²) in [4.78, 5) is 1.19. The molecule has 0 aliphatic heterocycles. The monoisotopic (exact) mass is 382 g/mol. The predicted molar refractivity (Wildman–Crippen MR) is 102 cm³/mol. The van der Waals surface area contributed by atoms with Crippen LogP contribution in [0.25, 0.3) is 0 Å². The summed E-state index contributed by atoms with van der Waals surface area (Å²) in [6, 6.07) is 11.0. The van der Waals surface area contributed by atoms with Crippen molar-refractivity contribution in [1.82, 2.24) is 5.32 Å². The first kappa shape index (κ1) is 19.6. The van der Waals surface area contributed by atoms with Gasteiger partial charge in [-0.2, -0.15) is 0 Å². The zero-order valence-electron chi connectivity index (χ0n) is 14.1. The second kappa shape index (κ2) is 9.67. The molecule has 0 heterocycles. The van der Waals surface area contributed by atoms with Crippen LogP contribution in [0.4, 0.5) is 5.69 Å². The van der Waals surface area contributed by atoms with Gasteiger partial charge in [0, 0.05) is 29.2 Å². The number of rotatable bonds is 9. The number of ether oxygens (including phenoxy) is 1. The van der Waals surface area contributed by atoms with Crippen molar-refractivity contribution < 1.29 is 18.3 Å². The number of aliphatic hydroxyl groups is 1. The van der Waals surface area contributed by atoms with E-state index in [2.05, 4.69) is 10.0 Å². The van der Waals surface area contributed by atoms with Crippen molar-refractivity contribution in [2.75, 3.05) is 24.1 Å². The van der Waals surface area contributed by atoms with Crippen LogP contribution in [0.3, 0.4) is 0 Å². The van der Waals surface area contributed by atoms with E-state index in [1.54, 1.807) is 30.0 Å². The maximum absolute atomic E-state index is 10.9. The van der Waals surface area contributed by atoms with Gasteiger partial charge in [-0.3, -0.25) is 4.72 Å². The van der Waals surface area contributed by atoms with E-state index in [-0.39, 0.29) is 6.61 Å². The molecule has 0 fully saturated rings. The molecule has 3 N–H and O–H groups in total. The number of thioether (sulfide) groups is 1. The Morgan fingerprint density at radius 3 is 2.64 bits per heavy atom. The van der Waals surface area contributed by atoms with Gasteiger partial charge in [-0.1, -0.05) is 0 Å². The number of thiol groups is 1. The topological polar surface area (TPSA) is 87.7 Å². The Labute approximate surface area is 153 Å². The first-order valence-corrected chi connectivity index (χ1v) is 10.1. The normalized spacial score (nSPS) is 10.9. The van der Waals surface area contributed by atoms with Gasteiger partial charge in [0.05, 0.1) is 6.61 Å². The lowest BCUT2D eigenvalue weighted by molar-refractivity contribution is 0.291. The molecule has 2 aromatic carbocycles. The molecular formula is C17H22N2O4S2. The molecule has 0 aromatic heterocycles. The zero-order valence-corrected chi connectivity index (χ0v) is 15.8. The molecule has 0 unspecified atom stereocenters. The number of hydrogen-bond acceptors (Lipinski definition) is 6. The summed E-state index contributed by atoms with van der Waals surface area (Å²) in [6.07, 6.45) is 2.03. The summed E-state index contributed by atoms with van der Waals surface area (Å²) in [6.45, 7) is 2.94. The number of anilines is 1. The van der Waals surface area contributed by atoms with Crippen LogP contribution in [0.2, 0.25) is 0 Å². The molecule has 2 rings (SSSR count). The second-order valence-electron chi connectivity index (χ2n) is 5.33. The molecular weight excluding hydrogens is 360 g/mol. The van der Waals surface area contributed by atoms with E-state index >= 15 is 0 Å². The van der Waals surface area contributed by atoms with Crippen molar-refractivity contribution >= 4 is 28.3 Å². The maximum Gasteiger partial charge on any atom is 0.222 e. The Balaban J connectivity index is 2.26. The fraction of sp³-hybridized carbons (Fsp3) is 0.294. The fourth-order valence-electron chi connectivity index (χ4n) is 2.34. The largest absolute Gasteiger partial charge is 0.457 e. The van der Waals surface area contributed by atoms with E-state index < -0.39 is 10.9 Å². The molecule has 0 bridgehead atoms. The molecule has 0 saturated heterocycles. The summed E-state index contributed by atoms with van der Waals surface area (Å²) in [5.74, 6) is 1.35. The van der Waals surface area contributed by atoms with Crippen molar-refractivity contribution in [2.45, 2.75) is 18.4 Å². The second-order valence-corrected chi connectivity index (χ2v) is 6.91. The standard InChI is InChI=1S/C17H22N2O4S2/c1-12-9-15(4-6-17(12)24-2)23-16-5-3-14(19-25(21)22)10-13(16)11-18-7-8-20/h3-6,9-10,18,20,25H,7-8,11H2,1-2H3,(H,19,21,22). The summed E-state index contributed by atoms with van der Waals surface area (Å²) in [7, 11) is -2.73. The molecule has 0 aliphatic rings. The molecule has 0 spiro atoms. The van der Waals surface area contributed by atoms with Crippen LogP contribution in [-0.2, 0) is 17.4 Å². The van der Waals surface area contributed by atoms with Gasteiger partial charge < -0.3 is 15.2 Å². The molecule has 0 atom stereocenters. The Morgan fingerprint density at radius 1 is 1.20 bits per heavy atom. The van der Waals surface area contributed by atoms with Gasteiger partial charge in [0.25, 0.3) is 0 Å². The number of aliphatic hydroxyl groups excluding tert-OH is 1. The van der Waals surface area contributed by atoms with E-state index in [9.17, 15) is 8.42 Å². The highest BCUT2D eigenvalue weighted by molar-refractivity contribution is 7.98. The van der Waals surface area contributed by atoms with Gasteiger partial charge in [-0.05, 0) is 55.1 Å². The third kappa shape index (κ3) is 5.93. The molecule has 0 saturated carbocycles. The minimum Gasteiger partial charge on any atom is -0.457 e. The lowest BCUT2D eigenvalue weighted by atomic mass is 10.1. The lowest BCUT2D eigenvalue weighted by Crippen LogP contribution is -2.18. The molecule has 6 nitrogen and oxygen atoms in total. The molecule has 0 aliphatic carbocycles. The van der Waals surface area contributed by atoms with Crippen molar-refractivity contribution in [1.29, 1.82) is 0 Å². The van der Waals surface area contributed by atoms with Crippen LogP contribution in [0, 0.1) is 6.92 Å². The van der Waals surface area contributed by atoms with Gasteiger partial charge in [0.1, 0.15) is 11.5 Å². The zero-order chi connectivity index (χ0) is 18.2. The van der Waals surface area contributed by atoms with Crippen LogP contribution in [-0.4, -0.2) is 32.9 Å². The highest BCUT2D eigenvalue weighted by atomic mass is 32.2. The SMILES string of the molecule is CSc1ccc(Oc2ccc(N[SH](=O)=O)cc2CNCCO)cc1C. The van der Waals surface area contributed by atoms with E-state index in [0.29, 0.717) is 30.3 Å². The minimum absolute atomic E-state index is 0.0237. The average Bonchev–Trinajstić information content (AvgIpc) is 2.57. The summed E-state index contributed by atoms with van der Waals surface area (Å²) in [5.41, 5.74) is 2.40. The van der Waals surface area contributed by atoms with Gasteiger partial charge in [0.15, 0.2) is 0 Å². The maximum atomic E-state index is 10.9. The van der Waals surface area contributed by atoms with Gasteiger partial charge in [-0.25, -0.2) is 8.42 Å². The van der Waals surface area contributed by atoms with Crippen molar-refractivity contribution in [3.05, 3.63) is 47.5 Å². The van der Waals surface area contributed by atoms with Gasteiger partial charge >= 0.3 is 0 Å². The fourth-order valence-corrected chi connectivity index (χ4v) is 3.27. The lowest BCUT2D eigenvalue weighted by Gasteiger charge is -2.14. The van der Waals surface area contributed by atoms with Gasteiger partial charge in [0.2, 0.25) is 10.9 Å². The summed E-state index contributed by atoms with van der Waals surface area (Å²) in [5, 5.41) is 12.0. The van der Waals surface area contributed by atoms with Crippen molar-refractivity contribution in [3.8, 4) is 11.5 Å². The smallest absolute Gasteiger partial charge is 0.222 e. The Bertz CT molecular complexity index is 786. The molecule has 0 radical (unpaired) electrons. The number of nitrogens with one attached hydrogen (secondary N) is 2. The van der Waals surface area contributed by atoms with E-state index in [0.717, 1.165) is 11.1 Å². The Morgan fingerprint density at radius 2 is 2.00 bits per heavy atom. The average molecular weight is 383 g/mol. The molecule has 2 aromatic rings. The third-order valence-corrected chi connectivity index (χ3v) is 4.82. The van der Waals surface area contributed by atoms with E-state index in [1.807, 2.05) is 31.4 Å². The van der Waals surface area contributed by atoms with Crippen LogP contribution in [0.5, 0.6) is 11.5 Å². The predicted octanol–water partition coefficient (Wildman–Crippen LogP) is 2.53. The molecule has 25 heavy (non-hydrogen) atoms. The highest BCUT2D eigenvalue weighted by Gasteiger charge is 2.08. The third-order valence-electron chi connectivity index (χ3n) is 3.48. The Kier molecular flexibility index (Phi) is 7.57. The first-order valence-electron chi connectivity index (χ1n) is 7.71. The summed E-state index contributed by atoms with van der Waals surface area (Å²) < 4.78 is 30.1. The minimum atomic E-state index is -2.73. The van der Waals surface area contributed by atoms with E-state index in [1.165, 1.54) is 4.90 Å². The highest BCUT2D eigenvalue weighted by Crippen LogP contribution is 2.31. The number of hydrogen-bond donors (Lipinski definition) is 4. The quantitative estimate of drug-likeness (QED) is 0.303. The molecule has 0 amide bonds. The Hall–Kier alpha value is -1.74.